The van der Waals surface area contributed by atoms with E-state index in [1.165, 1.54) is 32.3 Å². The van der Waals surface area contributed by atoms with Crippen molar-refractivity contribution in [3.63, 3.8) is 0 Å². The van der Waals surface area contributed by atoms with Gasteiger partial charge in [0.2, 0.25) is 5.91 Å². The zero-order valence-electron chi connectivity index (χ0n) is 22.5. The monoisotopic (exact) mass is 539 g/mol. The second-order valence-corrected chi connectivity index (χ2v) is 9.66. The summed E-state index contributed by atoms with van der Waals surface area (Å²) >= 11 is 4.64. The van der Waals surface area contributed by atoms with Crippen molar-refractivity contribution in [2.24, 2.45) is 5.92 Å². The lowest BCUT2D eigenvalue weighted by atomic mass is 9.73. The lowest BCUT2D eigenvalue weighted by molar-refractivity contribution is -0.450. The van der Waals surface area contributed by atoms with Crippen LogP contribution >= 0.6 is 11.6 Å². The summed E-state index contributed by atoms with van der Waals surface area (Å²) < 4.78 is 6.06. The molecule has 0 radical (unpaired) electrons. The van der Waals surface area contributed by atoms with Crippen molar-refractivity contribution in [2.45, 2.75) is 76.2 Å². The summed E-state index contributed by atoms with van der Waals surface area (Å²) in [6.45, 7) is 5.97. The van der Waals surface area contributed by atoms with Gasteiger partial charge in [-0.25, -0.2) is 4.98 Å². The highest BCUT2D eigenvalue weighted by Gasteiger charge is 2.44. The first-order valence-corrected chi connectivity index (χ1v) is 14.0. The van der Waals surface area contributed by atoms with Gasteiger partial charge in [-0.2, -0.15) is 5.26 Å². The molecule has 2 atom stereocenters. The fourth-order valence-corrected chi connectivity index (χ4v) is 4.98. The summed E-state index contributed by atoms with van der Waals surface area (Å²) in [5.41, 5.74) is 1.19. The highest BCUT2D eigenvalue weighted by molar-refractivity contribution is 6.15. The van der Waals surface area contributed by atoms with E-state index in [1.807, 2.05) is 24.3 Å². The van der Waals surface area contributed by atoms with Gasteiger partial charge < -0.3 is 10.1 Å². The van der Waals surface area contributed by atoms with E-state index in [0.717, 1.165) is 57.1 Å². The van der Waals surface area contributed by atoms with Crippen molar-refractivity contribution in [2.75, 3.05) is 18.2 Å². The molecular formula is C30H40ClN4O3+. The van der Waals surface area contributed by atoms with Crippen LogP contribution in [0.4, 0.5) is 5.82 Å². The van der Waals surface area contributed by atoms with Gasteiger partial charge in [-0.15, -0.1) is 11.6 Å². The van der Waals surface area contributed by atoms with Gasteiger partial charge in [0, 0.05) is 31.8 Å². The first-order chi connectivity index (χ1) is 18.5. The molecule has 0 bridgehead atoms. The minimum absolute atomic E-state index is 0.0212. The Hall–Kier alpha value is -3.24. The number of anilines is 1. The van der Waals surface area contributed by atoms with E-state index in [9.17, 15) is 9.59 Å². The molecule has 0 aliphatic heterocycles. The van der Waals surface area contributed by atoms with Crippen LogP contribution < -0.4 is 10.3 Å². The maximum Gasteiger partial charge on any atom is 0.316 e. The molecule has 1 aromatic heterocycles. The Bertz CT molecular complexity index is 1050. The third kappa shape index (κ3) is 8.95. The topological polar surface area (TPSA) is 106 Å². The molecular weight excluding hydrogens is 500 g/mol. The number of hydrogen-bond acceptors (Lipinski definition) is 5. The summed E-state index contributed by atoms with van der Waals surface area (Å²) in [4.78, 5) is 30.6. The molecule has 2 aromatic rings. The number of alkyl halides is 1. The number of pyridine rings is 1. The number of ether oxygens (including phenoxy) is 1. The van der Waals surface area contributed by atoms with E-state index in [0.29, 0.717) is 17.3 Å². The molecule has 1 heterocycles. The molecule has 0 spiro atoms. The zero-order valence-corrected chi connectivity index (χ0v) is 23.3. The number of nitriles is 1. The van der Waals surface area contributed by atoms with Gasteiger partial charge in [-0.3, -0.25) is 14.6 Å². The Labute approximate surface area is 231 Å². The van der Waals surface area contributed by atoms with Crippen LogP contribution in [-0.4, -0.2) is 42.6 Å². The SMILES string of the molecule is C=[NH+]CCC1CCC1OC(=O)C1(c2ccccc2)CCCCCC1.CC(=O)Nc1ccc(C#N)cn1.CCl. The zero-order chi connectivity index (χ0) is 27.8. The highest BCUT2D eigenvalue weighted by Crippen LogP contribution is 2.42. The number of esters is 1. The smallest absolute Gasteiger partial charge is 0.316 e. The van der Waals surface area contributed by atoms with E-state index in [2.05, 4.69) is 45.7 Å². The largest absolute Gasteiger partial charge is 0.461 e. The number of rotatable bonds is 7. The molecule has 2 saturated carbocycles. The standard InChI is InChI=1S/C21H29NO2.C8H7N3O.CH3Cl/c1-22-16-13-17-11-12-19(17)24-20(23)21(14-7-2-3-8-15-21)18-9-5-4-6-10-18;1-6(12)11-8-3-2-7(4-9)5-10-8;1-2/h4-6,9-10,17,19H,1-3,7-8,11-16H2;2-3,5H,1H3,(H,10,11,12);1H3/p+1. The molecule has 2 aliphatic rings. The third-order valence-corrected chi connectivity index (χ3v) is 7.17. The molecule has 4 rings (SSSR count). The number of halogens is 1. The van der Waals surface area contributed by atoms with Crippen molar-refractivity contribution >= 4 is 36.0 Å². The first-order valence-electron chi connectivity index (χ1n) is 13.3. The number of aromatic nitrogens is 1. The normalized spacial score (nSPS) is 19.3. The average Bonchev–Trinajstić information content (AvgIpc) is 3.21. The van der Waals surface area contributed by atoms with Gasteiger partial charge in [0.05, 0.1) is 11.0 Å². The number of nitrogens with one attached hydrogen (secondary N) is 2. The minimum atomic E-state index is -0.428. The quantitative estimate of drug-likeness (QED) is 0.232. The predicted octanol–water partition coefficient (Wildman–Crippen LogP) is 4.54. The Morgan fingerprint density at radius 2 is 1.82 bits per heavy atom. The molecule has 8 heteroatoms. The van der Waals surface area contributed by atoms with Crippen LogP contribution in [0.25, 0.3) is 0 Å². The summed E-state index contributed by atoms with van der Waals surface area (Å²) in [6.07, 6.45) is 12.7. The maximum absolute atomic E-state index is 13.2. The second-order valence-electron chi connectivity index (χ2n) is 9.66. The average molecular weight is 540 g/mol. The van der Waals surface area contributed by atoms with E-state index in [-0.39, 0.29) is 18.0 Å². The van der Waals surface area contributed by atoms with Crippen LogP contribution in [0.15, 0.2) is 48.7 Å². The van der Waals surface area contributed by atoms with Gasteiger partial charge >= 0.3 is 5.97 Å². The first kappa shape index (κ1) is 31.0. The molecule has 2 aliphatic carbocycles. The highest BCUT2D eigenvalue weighted by atomic mass is 35.5. The van der Waals surface area contributed by atoms with Crippen molar-refractivity contribution < 1.29 is 19.3 Å². The number of carbonyl (C=O) groups excluding carboxylic acids is 2. The number of amides is 1. The van der Waals surface area contributed by atoms with Crippen LogP contribution in [0.1, 0.15) is 75.8 Å². The summed E-state index contributed by atoms with van der Waals surface area (Å²) in [6, 6.07) is 15.4. The molecule has 0 saturated heterocycles. The van der Waals surface area contributed by atoms with Gasteiger partial charge in [-0.05, 0) is 43.4 Å². The molecule has 1 aromatic carbocycles. The molecule has 2 unspecified atom stereocenters. The molecule has 2 fully saturated rings. The second kappa shape index (κ2) is 16.6. The lowest BCUT2D eigenvalue weighted by Gasteiger charge is -2.39. The fraction of sp³-hybridized carbons (Fsp3) is 0.500. The maximum atomic E-state index is 13.2. The summed E-state index contributed by atoms with van der Waals surface area (Å²) in [5.74, 6) is 0.809. The van der Waals surface area contributed by atoms with Crippen LogP contribution in [-0.2, 0) is 19.7 Å². The van der Waals surface area contributed by atoms with Gasteiger partial charge in [0.1, 0.15) is 31.3 Å². The van der Waals surface area contributed by atoms with E-state index in [4.69, 9.17) is 10.00 Å². The fourth-order valence-electron chi connectivity index (χ4n) is 4.98. The number of hydrogen-bond donors (Lipinski definition) is 2. The van der Waals surface area contributed by atoms with Crippen molar-refractivity contribution in [1.29, 1.82) is 5.26 Å². The van der Waals surface area contributed by atoms with Gasteiger partial charge in [-0.1, -0.05) is 56.0 Å². The summed E-state index contributed by atoms with van der Waals surface area (Å²) in [5, 5.41) is 10.9. The molecule has 7 nitrogen and oxygen atoms in total. The third-order valence-electron chi connectivity index (χ3n) is 7.17. The summed E-state index contributed by atoms with van der Waals surface area (Å²) in [7, 11) is 0. The lowest BCUT2D eigenvalue weighted by Crippen LogP contribution is -2.66. The Kier molecular flexibility index (Phi) is 13.5. The molecule has 204 valence electrons. The van der Waals surface area contributed by atoms with E-state index in [1.54, 1.807) is 12.1 Å². The predicted molar refractivity (Wildman–Crippen MR) is 151 cm³/mol. The van der Waals surface area contributed by atoms with Crippen LogP contribution in [0.3, 0.4) is 0 Å². The van der Waals surface area contributed by atoms with Gasteiger partial charge in [0.15, 0.2) is 0 Å². The van der Waals surface area contributed by atoms with Crippen LogP contribution in [0, 0.1) is 17.2 Å². The van der Waals surface area contributed by atoms with Crippen LogP contribution in [0.2, 0.25) is 0 Å². The molecule has 38 heavy (non-hydrogen) atoms. The van der Waals surface area contributed by atoms with Crippen molar-refractivity contribution in [1.82, 2.24) is 4.98 Å². The van der Waals surface area contributed by atoms with Gasteiger partial charge in [0.25, 0.3) is 0 Å². The van der Waals surface area contributed by atoms with Crippen molar-refractivity contribution in [3.8, 4) is 6.07 Å². The Morgan fingerprint density at radius 3 is 2.32 bits per heavy atom. The van der Waals surface area contributed by atoms with E-state index < -0.39 is 5.41 Å². The number of carbonyl (C=O) groups is 2. The van der Waals surface area contributed by atoms with Crippen LogP contribution in [0.5, 0.6) is 0 Å². The molecule has 1 amide bonds. The number of benzene rings is 1. The molecule has 2 N–H and O–H groups in total. The Morgan fingerprint density at radius 1 is 1.13 bits per heavy atom. The van der Waals surface area contributed by atoms with E-state index >= 15 is 0 Å². The Balaban J connectivity index is 0.000000305. The minimum Gasteiger partial charge on any atom is -0.461 e. The van der Waals surface area contributed by atoms with Crippen molar-refractivity contribution in [3.05, 3.63) is 59.8 Å². The number of nitrogens with zero attached hydrogens (tertiary/aromatic N) is 2.